The van der Waals surface area contributed by atoms with Crippen molar-refractivity contribution >= 4 is 75.9 Å². The fourth-order valence-corrected chi connectivity index (χ4v) is 10.6. The lowest BCUT2D eigenvalue weighted by atomic mass is 9.97. The Labute approximate surface area is 357 Å². The number of nitrogens with zero attached hydrogens (tertiary/aromatic N) is 3. The maximum atomic E-state index is 5.15. The summed E-state index contributed by atoms with van der Waals surface area (Å²) in [6, 6.07) is 75.9. The normalized spacial score (nSPS) is 12.2. The third-order valence-electron chi connectivity index (χ3n) is 13.4. The minimum Gasteiger partial charge on any atom is -0.309 e. The highest BCUT2D eigenvalue weighted by molar-refractivity contribution is 6.19. The highest BCUT2D eigenvalue weighted by Gasteiger charge is 2.25. The van der Waals surface area contributed by atoms with Gasteiger partial charge in [-0.3, -0.25) is 4.98 Å². The Morgan fingerprint density at radius 3 is 1.56 bits per heavy atom. The van der Waals surface area contributed by atoms with E-state index in [1.165, 1.54) is 115 Å². The maximum Gasteiger partial charge on any atom is 0.0787 e. The van der Waals surface area contributed by atoms with Crippen molar-refractivity contribution < 1.29 is 0 Å². The first-order valence-corrected chi connectivity index (χ1v) is 21.4. The summed E-state index contributed by atoms with van der Waals surface area (Å²) in [5.74, 6) is 0. The molecule has 0 amide bonds. The number of hydrogen-bond acceptors (Lipinski definition) is 1. The highest BCUT2D eigenvalue weighted by Crippen LogP contribution is 2.50. The summed E-state index contributed by atoms with van der Waals surface area (Å²) in [5.41, 5.74) is 16.7. The standard InChI is InChI=1S/C59H35N3/c1-2-14-44(15-3-1)61-53-22-8-6-18-47(53)51-31-42-28-36(24-26-38(42)33-55(51)61)37-25-27-39-34-56-52(32-43(39)29-37)48-19-7-9-23-54(48)62(56)45-16-10-12-40(30-45)59-58-50-20-5-4-17-46(50)49-21-11-13-41(35-60-59)57(49)58/h1-35H. The van der Waals surface area contributed by atoms with Gasteiger partial charge in [-0.15, -0.1) is 0 Å². The number of fused-ring (bicyclic) bond motifs is 11. The number of hydrogen-bond donors (Lipinski definition) is 0. The summed E-state index contributed by atoms with van der Waals surface area (Å²) in [6.07, 6.45) is 2.04. The SMILES string of the molecule is c1ccc(-n2c3ccccc3c3cc4cc(-c5ccc6cc7c(cc6c5)c5ccccc5n7-c5cccc(-c6ncc7cccc8c7c6-c6ccccc6-8)c5)ccc4cc32)cc1. The molecule has 62 heavy (non-hydrogen) atoms. The number of para-hydroxylation sites is 3. The molecule has 0 spiro atoms. The zero-order chi connectivity index (χ0) is 40.5. The zero-order valence-electron chi connectivity index (χ0n) is 33.5. The summed E-state index contributed by atoms with van der Waals surface area (Å²) < 4.78 is 4.82. The van der Waals surface area contributed by atoms with Crippen molar-refractivity contribution in [2.24, 2.45) is 0 Å². The minimum atomic E-state index is 1.02. The molecule has 3 nitrogen and oxygen atoms in total. The van der Waals surface area contributed by atoms with Gasteiger partial charge in [-0.1, -0.05) is 133 Å². The molecule has 0 atom stereocenters. The van der Waals surface area contributed by atoms with Gasteiger partial charge in [0.15, 0.2) is 0 Å². The molecule has 0 unspecified atom stereocenters. The molecular formula is C59H35N3. The Morgan fingerprint density at radius 2 is 0.871 bits per heavy atom. The molecule has 0 saturated carbocycles. The quantitative estimate of drug-likeness (QED) is 0.174. The molecule has 0 radical (unpaired) electrons. The fourth-order valence-electron chi connectivity index (χ4n) is 10.6. The third kappa shape index (κ3) is 4.73. The Kier molecular flexibility index (Phi) is 6.83. The van der Waals surface area contributed by atoms with E-state index in [9.17, 15) is 0 Å². The molecule has 0 bridgehead atoms. The predicted octanol–water partition coefficient (Wildman–Crippen LogP) is 15.7. The highest BCUT2D eigenvalue weighted by atomic mass is 15.0. The second kappa shape index (κ2) is 12.6. The van der Waals surface area contributed by atoms with Crippen LogP contribution in [-0.4, -0.2) is 14.1 Å². The molecule has 3 heteroatoms. The number of benzene rings is 10. The van der Waals surface area contributed by atoms with E-state index in [2.05, 4.69) is 215 Å². The molecular weight excluding hydrogens is 751 g/mol. The lowest BCUT2D eigenvalue weighted by Crippen LogP contribution is -1.96. The first kappa shape index (κ1) is 33.5. The van der Waals surface area contributed by atoms with Crippen molar-refractivity contribution in [2.75, 3.05) is 0 Å². The summed E-state index contributed by atoms with van der Waals surface area (Å²) in [6.45, 7) is 0. The van der Waals surface area contributed by atoms with Crippen molar-refractivity contribution in [3.63, 3.8) is 0 Å². The minimum absolute atomic E-state index is 1.02. The van der Waals surface area contributed by atoms with Crippen molar-refractivity contribution in [2.45, 2.75) is 0 Å². The second-order valence-electron chi connectivity index (χ2n) is 16.8. The Bertz CT molecular complexity index is 4040. The summed E-state index contributed by atoms with van der Waals surface area (Å²) in [7, 11) is 0. The molecule has 10 aromatic carbocycles. The number of aromatic nitrogens is 3. The lowest BCUT2D eigenvalue weighted by Gasteiger charge is -2.13. The molecule has 0 fully saturated rings. The van der Waals surface area contributed by atoms with Gasteiger partial charge in [0.2, 0.25) is 0 Å². The molecule has 13 aromatic rings. The first-order chi connectivity index (χ1) is 30.7. The fraction of sp³-hybridized carbons (Fsp3) is 0. The van der Waals surface area contributed by atoms with E-state index >= 15 is 0 Å². The molecule has 1 aliphatic rings. The Balaban J connectivity index is 0.898. The molecule has 0 saturated heterocycles. The van der Waals surface area contributed by atoms with Crippen LogP contribution in [0.25, 0.3) is 132 Å². The topological polar surface area (TPSA) is 22.8 Å². The molecule has 3 heterocycles. The van der Waals surface area contributed by atoms with Gasteiger partial charge in [0.05, 0.1) is 27.8 Å². The van der Waals surface area contributed by atoms with Gasteiger partial charge in [-0.25, -0.2) is 0 Å². The number of pyridine rings is 1. The molecule has 0 N–H and O–H groups in total. The van der Waals surface area contributed by atoms with Gasteiger partial charge in [0, 0.05) is 61.0 Å². The van der Waals surface area contributed by atoms with Crippen LogP contribution in [0.4, 0.5) is 0 Å². The summed E-state index contributed by atoms with van der Waals surface area (Å²) in [4.78, 5) is 5.15. The third-order valence-corrected chi connectivity index (χ3v) is 13.4. The van der Waals surface area contributed by atoms with E-state index in [1.54, 1.807) is 0 Å². The monoisotopic (exact) mass is 785 g/mol. The van der Waals surface area contributed by atoms with Crippen LogP contribution >= 0.6 is 0 Å². The van der Waals surface area contributed by atoms with E-state index in [4.69, 9.17) is 4.98 Å². The van der Waals surface area contributed by atoms with Gasteiger partial charge in [-0.2, -0.15) is 0 Å². The molecule has 0 aliphatic heterocycles. The van der Waals surface area contributed by atoms with E-state index in [0.717, 1.165) is 16.9 Å². The van der Waals surface area contributed by atoms with E-state index in [0.29, 0.717) is 0 Å². The van der Waals surface area contributed by atoms with Crippen LogP contribution in [-0.2, 0) is 0 Å². The van der Waals surface area contributed by atoms with Crippen LogP contribution < -0.4 is 0 Å². The van der Waals surface area contributed by atoms with Crippen LogP contribution in [0.2, 0.25) is 0 Å². The van der Waals surface area contributed by atoms with Gasteiger partial charge >= 0.3 is 0 Å². The predicted molar refractivity (Wildman–Crippen MR) is 261 cm³/mol. The van der Waals surface area contributed by atoms with Crippen LogP contribution in [0.15, 0.2) is 212 Å². The van der Waals surface area contributed by atoms with Gasteiger partial charge in [-0.05, 0) is 122 Å². The van der Waals surface area contributed by atoms with Gasteiger partial charge in [0.25, 0.3) is 0 Å². The van der Waals surface area contributed by atoms with Gasteiger partial charge < -0.3 is 9.13 Å². The largest absolute Gasteiger partial charge is 0.309 e. The van der Waals surface area contributed by atoms with Crippen LogP contribution in [0.3, 0.4) is 0 Å². The maximum absolute atomic E-state index is 5.15. The molecule has 1 aliphatic carbocycles. The van der Waals surface area contributed by atoms with E-state index in [-0.39, 0.29) is 0 Å². The Morgan fingerprint density at radius 1 is 0.306 bits per heavy atom. The molecule has 286 valence electrons. The van der Waals surface area contributed by atoms with Crippen LogP contribution in [0, 0.1) is 0 Å². The van der Waals surface area contributed by atoms with Crippen molar-refractivity contribution in [1.29, 1.82) is 0 Å². The van der Waals surface area contributed by atoms with Crippen LogP contribution in [0.1, 0.15) is 0 Å². The first-order valence-electron chi connectivity index (χ1n) is 21.4. The smallest absolute Gasteiger partial charge is 0.0787 e. The lowest BCUT2D eigenvalue weighted by molar-refractivity contribution is 1.18. The second-order valence-corrected chi connectivity index (χ2v) is 16.8. The average Bonchev–Trinajstić information content (AvgIpc) is 3.96. The molecule has 3 aromatic heterocycles. The van der Waals surface area contributed by atoms with E-state index < -0.39 is 0 Å². The Hall–Kier alpha value is -8.27. The average molecular weight is 786 g/mol. The van der Waals surface area contributed by atoms with E-state index in [1.807, 2.05) is 6.20 Å². The number of rotatable bonds is 4. The van der Waals surface area contributed by atoms with Crippen molar-refractivity contribution in [1.82, 2.24) is 14.1 Å². The van der Waals surface area contributed by atoms with Gasteiger partial charge in [0.1, 0.15) is 0 Å². The zero-order valence-corrected chi connectivity index (χ0v) is 33.5. The summed E-state index contributed by atoms with van der Waals surface area (Å²) >= 11 is 0. The molecule has 14 rings (SSSR count). The summed E-state index contributed by atoms with van der Waals surface area (Å²) in [5, 5.41) is 12.4. The van der Waals surface area contributed by atoms with Crippen LogP contribution in [0.5, 0.6) is 0 Å². The van der Waals surface area contributed by atoms with Crippen molar-refractivity contribution in [3.05, 3.63) is 212 Å². The van der Waals surface area contributed by atoms with Crippen molar-refractivity contribution in [3.8, 4) is 56.0 Å².